The molecule has 2 aromatic carbocycles. The third-order valence-electron chi connectivity index (χ3n) is 6.17. The van der Waals surface area contributed by atoms with E-state index in [0.717, 1.165) is 52.7 Å². The number of hydrogen-bond acceptors (Lipinski definition) is 5. The largest absolute Gasteiger partial charge is 0.461 e. The maximum absolute atomic E-state index is 12.8. The maximum atomic E-state index is 12.8. The fourth-order valence-corrected chi connectivity index (χ4v) is 5.78. The summed E-state index contributed by atoms with van der Waals surface area (Å²) in [5, 5.41) is 4.06. The second-order valence-corrected chi connectivity index (χ2v) is 10.1. The van der Waals surface area contributed by atoms with E-state index in [2.05, 4.69) is 6.08 Å². The number of fused-ring (bicyclic) bond motifs is 1. The number of rotatable bonds is 4. The van der Waals surface area contributed by atoms with E-state index in [4.69, 9.17) is 32.9 Å². The minimum absolute atomic E-state index is 0.142. The summed E-state index contributed by atoms with van der Waals surface area (Å²) in [5.74, 6) is -0.325. The molecule has 2 heterocycles. The first-order valence-corrected chi connectivity index (χ1v) is 13.1. The van der Waals surface area contributed by atoms with Crippen LogP contribution in [-0.4, -0.2) is 22.6 Å². The molecule has 1 unspecified atom stereocenters. The predicted octanol–water partition coefficient (Wildman–Crippen LogP) is 7.77. The van der Waals surface area contributed by atoms with Crippen molar-refractivity contribution in [3.8, 4) is 0 Å². The topological polar surface area (TPSA) is 41.9 Å². The SMILES string of the molecule is CCOC(=O)C1=CSC2=NC3=C(CCCC/C3=C\c3ccc(Cl)cc3)C(c3ccc(Cl)cc3)N12. The number of carbonyl (C=O) groups is 1. The number of amidine groups is 1. The average Bonchev–Trinajstić information content (AvgIpc) is 3.16. The molecule has 5 rings (SSSR count). The first-order valence-electron chi connectivity index (χ1n) is 11.4. The van der Waals surface area contributed by atoms with Crippen LogP contribution in [0.3, 0.4) is 0 Å². The van der Waals surface area contributed by atoms with Crippen LogP contribution in [0.25, 0.3) is 6.08 Å². The summed E-state index contributed by atoms with van der Waals surface area (Å²) in [7, 11) is 0. The Labute approximate surface area is 214 Å². The molecule has 174 valence electrons. The van der Waals surface area contributed by atoms with E-state index in [0.29, 0.717) is 17.3 Å². The molecule has 3 aliphatic rings. The first-order chi connectivity index (χ1) is 16.5. The Balaban J connectivity index is 1.64. The van der Waals surface area contributed by atoms with Gasteiger partial charge in [-0.15, -0.1) is 0 Å². The van der Waals surface area contributed by atoms with Crippen molar-refractivity contribution in [2.45, 2.75) is 38.6 Å². The maximum Gasteiger partial charge on any atom is 0.355 e. The minimum atomic E-state index is -0.325. The minimum Gasteiger partial charge on any atom is -0.461 e. The van der Waals surface area contributed by atoms with E-state index in [1.807, 2.05) is 65.8 Å². The van der Waals surface area contributed by atoms with Crippen LogP contribution in [0, 0.1) is 0 Å². The molecule has 0 saturated heterocycles. The molecule has 0 fully saturated rings. The normalized spacial score (nSPS) is 21.0. The molecule has 0 amide bonds. The van der Waals surface area contributed by atoms with Gasteiger partial charge >= 0.3 is 5.97 Å². The van der Waals surface area contributed by atoms with Gasteiger partial charge in [-0.25, -0.2) is 9.79 Å². The van der Waals surface area contributed by atoms with Gasteiger partial charge in [-0.3, -0.25) is 0 Å². The van der Waals surface area contributed by atoms with Crippen molar-refractivity contribution in [3.05, 3.63) is 97.7 Å². The molecule has 0 N–H and O–H groups in total. The summed E-state index contributed by atoms with van der Waals surface area (Å²) >= 11 is 13.8. The van der Waals surface area contributed by atoms with Gasteiger partial charge in [0.15, 0.2) is 5.17 Å². The van der Waals surface area contributed by atoms with Gasteiger partial charge < -0.3 is 9.64 Å². The summed E-state index contributed by atoms with van der Waals surface area (Å²) in [6.45, 7) is 2.15. The van der Waals surface area contributed by atoms with E-state index in [1.54, 1.807) is 0 Å². The van der Waals surface area contributed by atoms with Crippen molar-refractivity contribution in [2.75, 3.05) is 6.61 Å². The van der Waals surface area contributed by atoms with E-state index >= 15 is 0 Å². The molecule has 0 bridgehead atoms. The van der Waals surface area contributed by atoms with Crippen LogP contribution in [0.4, 0.5) is 0 Å². The number of benzene rings is 2. The third-order valence-corrected chi connectivity index (χ3v) is 7.51. The van der Waals surface area contributed by atoms with Crippen LogP contribution in [-0.2, 0) is 9.53 Å². The lowest BCUT2D eigenvalue weighted by Crippen LogP contribution is -2.37. The van der Waals surface area contributed by atoms with Crippen LogP contribution < -0.4 is 0 Å². The summed E-state index contributed by atoms with van der Waals surface area (Å²) < 4.78 is 5.37. The molecule has 1 aliphatic carbocycles. The smallest absolute Gasteiger partial charge is 0.355 e. The molecule has 1 atom stereocenters. The van der Waals surface area contributed by atoms with Crippen molar-refractivity contribution in [1.29, 1.82) is 0 Å². The van der Waals surface area contributed by atoms with Crippen LogP contribution in [0.1, 0.15) is 49.8 Å². The zero-order valence-corrected chi connectivity index (χ0v) is 21.1. The van der Waals surface area contributed by atoms with Crippen molar-refractivity contribution in [1.82, 2.24) is 4.90 Å². The molecule has 7 heteroatoms. The van der Waals surface area contributed by atoms with Gasteiger partial charge in [-0.05, 0) is 85.2 Å². The summed E-state index contributed by atoms with van der Waals surface area (Å²) in [6.07, 6.45) is 6.22. The Morgan fingerprint density at radius 2 is 1.76 bits per heavy atom. The molecule has 0 saturated carbocycles. The lowest BCUT2D eigenvalue weighted by atomic mass is 9.90. The number of ether oxygens (including phenoxy) is 1. The van der Waals surface area contributed by atoms with Gasteiger partial charge in [0.2, 0.25) is 0 Å². The monoisotopic (exact) mass is 510 g/mol. The highest BCUT2D eigenvalue weighted by Gasteiger charge is 2.41. The van der Waals surface area contributed by atoms with Gasteiger partial charge in [-0.1, -0.05) is 59.2 Å². The molecule has 2 aliphatic heterocycles. The van der Waals surface area contributed by atoms with Gasteiger partial charge in [0, 0.05) is 15.5 Å². The molecule has 2 aromatic rings. The third kappa shape index (κ3) is 4.57. The molecule has 0 spiro atoms. The first kappa shape index (κ1) is 23.3. The van der Waals surface area contributed by atoms with Crippen LogP contribution >= 0.6 is 35.0 Å². The molecular formula is C27H24Cl2N2O2S. The number of allylic oxidation sites excluding steroid dienone is 1. The molecule has 34 heavy (non-hydrogen) atoms. The second kappa shape index (κ2) is 10.0. The Kier molecular flexibility index (Phi) is 6.87. The number of thioether (sulfide) groups is 1. The summed E-state index contributed by atoms with van der Waals surface area (Å²) in [4.78, 5) is 20.0. The molecule has 0 aromatic heterocycles. The fourth-order valence-electron chi connectivity index (χ4n) is 4.64. The quantitative estimate of drug-likeness (QED) is 0.394. The van der Waals surface area contributed by atoms with Gasteiger partial charge in [0.1, 0.15) is 5.70 Å². The van der Waals surface area contributed by atoms with Gasteiger partial charge in [0.25, 0.3) is 0 Å². The highest BCUT2D eigenvalue weighted by atomic mass is 35.5. The average molecular weight is 511 g/mol. The van der Waals surface area contributed by atoms with Crippen LogP contribution in [0.2, 0.25) is 10.0 Å². The predicted molar refractivity (Wildman–Crippen MR) is 141 cm³/mol. The van der Waals surface area contributed by atoms with Crippen LogP contribution in [0.15, 0.2) is 81.5 Å². The molecule has 0 radical (unpaired) electrons. The second-order valence-electron chi connectivity index (χ2n) is 8.36. The number of hydrogen-bond donors (Lipinski definition) is 0. The molecular weight excluding hydrogens is 487 g/mol. The van der Waals surface area contributed by atoms with E-state index in [9.17, 15) is 4.79 Å². The Morgan fingerprint density at radius 3 is 2.47 bits per heavy atom. The number of esters is 1. The lowest BCUT2D eigenvalue weighted by molar-refractivity contribution is -0.139. The van der Waals surface area contributed by atoms with E-state index in [-0.39, 0.29) is 12.0 Å². The van der Waals surface area contributed by atoms with Gasteiger partial charge in [-0.2, -0.15) is 0 Å². The van der Waals surface area contributed by atoms with Crippen molar-refractivity contribution < 1.29 is 9.53 Å². The van der Waals surface area contributed by atoms with E-state index in [1.165, 1.54) is 22.9 Å². The number of nitrogens with zero attached hydrogens (tertiary/aromatic N) is 2. The zero-order valence-electron chi connectivity index (χ0n) is 18.8. The van der Waals surface area contributed by atoms with Crippen molar-refractivity contribution in [3.63, 3.8) is 0 Å². The van der Waals surface area contributed by atoms with Crippen molar-refractivity contribution in [2.24, 2.45) is 4.99 Å². The van der Waals surface area contributed by atoms with Crippen LogP contribution in [0.5, 0.6) is 0 Å². The Hall–Kier alpha value is -2.47. The zero-order chi connectivity index (χ0) is 23.7. The standard InChI is InChI=1S/C27H24Cl2N2O2S/c1-2-33-26(32)23-16-34-27-30-24-19(15-17-7-11-20(28)12-8-17)5-3-4-6-22(24)25(31(23)27)18-9-13-21(29)14-10-18/h7-16,25H,2-6H2,1H3/b19-15+. The Bertz CT molecular complexity index is 1230. The fraction of sp³-hybridized carbons (Fsp3) is 0.259. The number of carbonyl (C=O) groups excluding carboxylic acids is 1. The highest BCUT2D eigenvalue weighted by molar-refractivity contribution is 8.16. The summed E-state index contributed by atoms with van der Waals surface area (Å²) in [6, 6.07) is 15.6. The molecule has 4 nitrogen and oxygen atoms in total. The highest BCUT2D eigenvalue weighted by Crippen LogP contribution is 2.48. The number of halogens is 2. The summed E-state index contributed by atoms with van der Waals surface area (Å²) in [5.41, 5.74) is 6.18. The van der Waals surface area contributed by atoms with E-state index < -0.39 is 0 Å². The number of aliphatic imine (C=N–C) groups is 1. The van der Waals surface area contributed by atoms with Gasteiger partial charge in [0.05, 0.1) is 18.3 Å². The lowest BCUT2D eigenvalue weighted by Gasteiger charge is -2.37. The Morgan fingerprint density at radius 1 is 1.09 bits per heavy atom. The van der Waals surface area contributed by atoms with Crippen molar-refractivity contribution >= 4 is 52.2 Å².